The van der Waals surface area contributed by atoms with Gasteiger partial charge in [0.15, 0.2) is 17.3 Å². The van der Waals surface area contributed by atoms with E-state index in [9.17, 15) is 9.18 Å². The van der Waals surface area contributed by atoms with Gasteiger partial charge in [0.25, 0.3) is 0 Å². The quantitative estimate of drug-likeness (QED) is 0.686. The third-order valence-electron chi connectivity index (χ3n) is 2.23. The molecule has 0 fully saturated rings. The van der Waals surface area contributed by atoms with Crippen LogP contribution in [0.15, 0.2) is 18.2 Å². The van der Waals surface area contributed by atoms with E-state index < -0.39 is 5.82 Å². The van der Waals surface area contributed by atoms with E-state index in [1.165, 1.54) is 19.2 Å². The highest BCUT2D eigenvalue weighted by molar-refractivity contribution is 5.82. The molecule has 0 aromatic heterocycles. The summed E-state index contributed by atoms with van der Waals surface area (Å²) < 4.78 is 23.3. The van der Waals surface area contributed by atoms with Crippen LogP contribution in [0.4, 0.5) is 4.39 Å². The number of hydrogen-bond donors (Lipinski definition) is 0. The lowest BCUT2D eigenvalue weighted by Gasteiger charge is -2.05. The molecule has 0 bridgehead atoms. The van der Waals surface area contributed by atoms with Crippen molar-refractivity contribution in [3.05, 3.63) is 29.6 Å². The lowest BCUT2D eigenvalue weighted by molar-refractivity contribution is -0.122. The number of carbonyl (C=O) groups is 1. The van der Waals surface area contributed by atoms with Crippen LogP contribution in [-0.4, -0.2) is 26.1 Å². The van der Waals surface area contributed by atoms with Crippen molar-refractivity contribution in [1.82, 2.24) is 0 Å². The summed E-state index contributed by atoms with van der Waals surface area (Å²) in [5.41, 5.74) is 0.633. The van der Waals surface area contributed by atoms with Gasteiger partial charge in [-0.15, -0.1) is 0 Å². The number of benzene rings is 1. The van der Waals surface area contributed by atoms with E-state index in [0.717, 1.165) is 6.42 Å². The second-order valence-corrected chi connectivity index (χ2v) is 3.74. The molecule has 0 N–H and O–H groups in total. The molecule has 1 rings (SSSR count). The Morgan fingerprint density at radius 3 is 2.76 bits per heavy atom. The van der Waals surface area contributed by atoms with Crippen molar-refractivity contribution in [2.24, 2.45) is 0 Å². The summed E-state index contributed by atoms with van der Waals surface area (Å²) in [5.74, 6) is -0.321. The summed E-state index contributed by atoms with van der Waals surface area (Å²) in [5, 5.41) is 0. The van der Waals surface area contributed by atoms with Crippen LogP contribution < -0.4 is 4.74 Å². The maximum atomic E-state index is 13.3. The molecule has 0 saturated carbocycles. The number of halogens is 1. The minimum atomic E-state index is -0.452. The second-order valence-electron chi connectivity index (χ2n) is 3.74. The maximum absolute atomic E-state index is 13.3. The zero-order chi connectivity index (χ0) is 12.7. The minimum absolute atomic E-state index is 0.0528. The van der Waals surface area contributed by atoms with Crippen LogP contribution in [0.25, 0.3) is 0 Å². The largest absolute Gasteiger partial charge is 0.494 e. The van der Waals surface area contributed by atoms with Crippen molar-refractivity contribution in [2.45, 2.75) is 19.8 Å². The van der Waals surface area contributed by atoms with Crippen molar-refractivity contribution in [3.8, 4) is 5.75 Å². The van der Waals surface area contributed by atoms with Crippen LogP contribution in [0.5, 0.6) is 5.75 Å². The molecule has 0 aliphatic heterocycles. The van der Waals surface area contributed by atoms with Crippen molar-refractivity contribution in [1.29, 1.82) is 0 Å². The summed E-state index contributed by atoms with van der Waals surface area (Å²) in [6.07, 6.45) is 1.06. The summed E-state index contributed by atoms with van der Waals surface area (Å²) in [6, 6.07) is 4.51. The number of ether oxygens (including phenoxy) is 2. The Bertz CT molecular complexity index is 377. The number of Topliss-reactive ketones (excluding diaryl/α,β-unsaturated/α-hetero) is 1. The van der Waals surface area contributed by atoms with Gasteiger partial charge in [-0.05, 0) is 24.1 Å². The van der Waals surface area contributed by atoms with Gasteiger partial charge in [0, 0.05) is 13.0 Å². The highest BCUT2D eigenvalue weighted by Gasteiger charge is 2.07. The van der Waals surface area contributed by atoms with Crippen LogP contribution >= 0.6 is 0 Å². The van der Waals surface area contributed by atoms with Crippen LogP contribution in [-0.2, 0) is 16.0 Å². The van der Waals surface area contributed by atoms with Gasteiger partial charge in [-0.2, -0.15) is 0 Å². The molecule has 0 saturated heterocycles. The third kappa shape index (κ3) is 4.53. The number of rotatable bonds is 7. The third-order valence-corrected chi connectivity index (χ3v) is 2.23. The molecule has 0 amide bonds. The molecule has 0 atom stereocenters. The Morgan fingerprint density at radius 1 is 1.41 bits per heavy atom. The smallest absolute Gasteiger partial charge is 0.165 e. The van der Waals surface area contributed by atoms with Crippen LogP contribution in [0, 0.1) is 5.82 Å². The van der Waals surface area contributed by atoms with Gasteiger partial charge in [0.2, 0.25) is 0 Å². The monoisotopic (exact) mass is 240 g/mol. The first-order chi connectivity index (χ1) is 8.17. The molecule has 0 unspecified atom stereocenters. The number of carbonyl (C=O) groups excluding carboxylic acids is 1. The number of methoxy groups -OCH3 is 1. The lowest BCUT2D eigenvalue weighted by atomic mass is 10.1. The van der Waals surface area contributed by atoms with Gasteiger partial charge in [-0.3, -0.25) is 4.79 Å². The summed E-state index contributed by atoms with van der Waals surface area (Å²) in [4.78, 5) is 11.5. The minimum Gasteiger partial charge on any atom is -0.494 e. The predicted molar refractivity (Wildman–Crippen MR) is 62.8 cm³/mol. The summed E-state index contributed by atoms with van der Waals surface area (Å²) >= 11 is 0. The Hall–Kier alpha value is -1.42. The van der Waals surface area contributed by atoms with Gasteiger partial charge in [-0.1, -0.05) is 13.0 Å². The highest BCUT2D eigenvalue weighted by Crippen LogP contribution is 2.17. The molecular weight excluding hydrogens is 223 g/mol. The van der Waals surface area contributed by atoms with Crippen molar-refractivity contribution in [2.75, 3.05) is 20.3 Å². The molecule has 0 aliphatic carbocycles. The zero-order valence-electron chi connectivity index (χ0n) is 10.2. The average Bonchev–Trinajstić information content (AvgIpc) is 2.29. The SMILES string of the molecule is CCCOCC(=O)Cc1ccc(OC)c(F)c1. The molecule has 94 valence electrons. The fraction of sp³-hybridized carbons (Fsp3) is 0.462. The van der Waals surface area contributed by atoms with Gasteiger partial charge >= 0.3 is 0 Å². The van der Waals surface area contributed by atoms with E-state index in [0.29, 0.717) is 12.2 Å². The van der Waals surface area contributed by atoms with E-state index in [1.807, 2.05) is 6.92 Å². The van der Waals surface area contributed by atoms with E-state index in [2.05, 4.69) is 0 Å². The van der Waals surface area contributed by atoms with Crippen LogP contribution in [0.2, 0.25) is 0 Å². The number of ketones is 1. The summed E-state index contributed by atoms with van der Waals surface area (Å²) in [7, 11) is 1.40. The summed E-state index contributed by atoms with van der Waals surface area (Å²) in [6.45, 7) is 2.63. The molecular formula is C13H17FO3. The molecule has 0 spiro atoms. The first kappa shape index (κ1) is 13.6. The molecule has 17 heavy (non-hydrogen) atoms. The highest BCUT2D eigenvalue weighted by atomic mass is 19.1. The van der Waals surface area contributed by atoms with Gasteiger partial charge < -0.3 is 9.47 Å². The fourth-order valence-corrected chi connectivity index (χ4v) is 1.43. The van der Waals surface area contributed by atoms with Crippen LogP contribution in [0.3, 0.4) is 0 Å². The van der Waals surface area contributed by atoms with Gasteiger partial charge in [0.1, 0.15) is 6.61 Å². The Morgan fingerprint density at radius 2 is 2.18 bits per heavy atom. The van der Waals surface area contributed by atoms with E-state index in [1.54, 1.807) is 6.07 Å². The van der Waals surface area contributed by atoms with Crippen molar-refractivity contribution < 1.29 is 18.7 Å². The molecule has 0 radical (unpaired) electrons. The molecule has 1 aromatic carbocycles. The van der Waals surface area contributed by atoms with E-state index in [-0.39, 0.29) is 24.6 Å². The topological polar surface area (TPSA) is 35.5 Å². The molecule has 1 aromatic rings. The molecule has 0 heterocycles. The standard InChI is InChI=1S/C13H17FO3/c1-3-6-17-9-11(15)7-10-4-5-13(16-2)12(14)8-10/h4-5,8H,3,6-7,9H2,1-2H3. The normalized spacial score (nSPS) is 10.3. The van der Waals surface area contributed by atoms with Gasteiger partial charge in [-0.25, -0.2) is 4.39 Å². The fourth-order valence-electron chi connectivity index (χ4n) is 1.43. The Balaban J connectivity index is 2.51. The van der Waals surface area contributed by atoms with Gasteiger partial charge in [0.05, 0.1) is 7.11 Å². The second kappa shape index (κ2) is 7.01. The number of hydrogen-bond acceptors (Lipinski definition) is 3. The predicted octanol–water partition coefficient (Wildman–Crippen LogP) is 2.37. The molecule has 3 nitrogen and oxygen atoms in total. The lowest BCUT2D eigenvalue weighted by Crippen LogP contribution is -2.12. The first-order valence-electron chi connectivity index (χ1n) is 5.59. The van der Waals surface area contributed by atoms with Crippen molar-refractivity contribution >= 4 is 5.78 Å². The molecule has 4 heteroatoms. The Labute approximate surface area is 101 Å². The average molecular weight is 240 g/mol. The van der Waals surface area contributed by atoms with Crippen molar-refractivity contribution in [3.63, 3.8) is 0 Å². The van der Waals surface area contributed by atoms with E-state index >= 15 is 0 Å². The zero-order valence-corrected chi connectivity index (χ0v) is 10.2. The van der Waals surface area contributed by atoms with Crippen LogP contribution in [0.1, 0.15) is 18.9 Å². The Kier molecular flexibility index (Phi) is 5.63. The molecule has 0 aliphatic rings. The maximum Gasteiger partial charge on any atom is 0.165 e. The van der Waals surface area contributed by atoms with E-state index in [4.69, 9.17) is 9.47 Å². The first-order valence-corrected chi connectivity index (χ1v) is 5.59.